The summed E-state index contributed by atoms with van der Waals surface area (Å²) in [7, 11) is 0. The lowest BCUT2D eigenvalue weighted by Crippen LogP contribution is -2.10. The molecule has 6 heteroatoms. The fraction of sp³-hybridized carbons (Fsp3) is 0.118. The number of nitrogens with zero attached hydrogens (tertiary/aromatic N) is 2. The van der Waals surface area contributed by atoms with Crippen molar-refractivity contribution in [3.05, 3.63) is 54.6 Å². The van der Waals surface area contributed by atoms with Crippen molar-refractivity contribution in [3.8, 4) is 22.4 Å². The Hall–Kier alpha value is -3.02. The third kappa shape index (κ3) is 3.11. The molecule has 2 aromatic heterocycles. The summed E-state index contributed by atoms with van der Waals surface area (Å²) < 4.78 is 13.2. The second kappa shape index (κ2) is 6.39. The van der Waals surface area contributed by atoms with Crippen LogP contribution < -0.4 is 5.32 Å². The minimum absolute atomic E-state index is 0.127. The molecular formula is C17H15FN4O. The Balaban J connectivity index is 2.13. The van der Waals surface area contributed by atoms with Crippen LogP contribution in [0.2, 0.25) is 0 Å². The third-order valence-electron chi connectivity index (χ3n) is 3.45. The molecule has 2 N–H and O–H groups in total. The first kappa shape index (κ1) is 14.9. The van der Waals surface area contributed by atoms with Gasteiger partial charge in [0.2, 0.25) is 5.91 Å². The van der Waals surface area contributed by atoms with Crippen molar-refractivity contribution in [1.29, 1.82) is 0 Å². The average molecular weight is 310 g/mol. The van der Waals surface area contributed by atoms with E-state index in [1.54, 1.807) is 31.5 Å². The first-order chi connectivity index (χ1) is 11.2. The zero-order valence-corrected chi connectivity index (χ0v) is 12.5. The van der Waals surface area contributed by atoms with Crippen molar-refractivity contribution in [3.63, 3.8) is 0 Å². The summed E-state index contributed by atoms with van der Waals surface area (Å²) in [6.45, 7) is 1.77. The van der Waals surface area contributed by atoms with Crippen molar-refractivity contribution in [2.24, 2.45) is 0 Å². The first-order valence-electron chi connectivity index (χ1n) is 7.23. The van der Waals surface area contributed by atoms with Crippen LogP contribution in [0.3, 0.4) is 0 Å². The van der Waals surface area contributed by atoms with Gasteiger partial charge in [-0.25, -0.2) is 4.39 Å². The highest BCUT2D eigenvalue weighted by Crippen LogP contribution is 2.35. The number of halogens is 1. The van der Waals surface area contributed by atoms with Crippen molar-refractivity contribution in [2.45, 2.75) is 13.3 Å². The van der Waals surface area contributed by atoms with Gasteiger partial charge in [0.05, 0.1) is 11.3 Å². The van der Waals surface area contributed by atoms with Crippen molar-refractivity contribution in [1.82, 2.24) is 15.2 Å². The summed E-state index contributed by atoms with van der Waals surface area (Å²) in [6, 6.07) is 9.77. The maximum absolute atomic E-state index is 13.2. The van der Waals surface area contributed by atoms with E-state index >= 15 is 0 Å². The van der Waals surface area contributed by atoms with Gasteiger partial charge in [0.15, 0.2) is 5.82 Å². The van der Waals surface area contributed by atoms with Gasteiger partial charge in [-0.3, -0.25) is 14.9 Å². The summed E-state index contributed by atoms with van der Waals surface area (Å²) >= 11 is 0. The molecule has 5 nitrogen and oxygen atoms in total. The number of hydrogen-bond donors (Lipinski definition) is 2. The highest BCUT2D eigenvalue weighted by Gasteiger charge is 2.18. The number of benzene rings is 1. The minimum Gasteiger partial charge on any atom is -0.309 e. The number of aromatic amines is 1. The Morgan fingerprint density at radius 1 is 1.13 bits per heavy atom. The number of hydrogen-bond acceptors (Lipinski definition) is 3. The van der Waals surface area contributed by atoms with Gasteiger partial charge >= 0.3 is 0 Å². The van der Waals surface area contributed by atoms with Crippen LogP contribution in [0.5, 0.6) is 0 Å². The lowest BCUT2D eigenvalue weighted by molar-refractivity contribution is -0.115. The number of rotatable bonds is 4. The minimum atomic E-state index is -0.307. The normalized spacial score (nSPS) is 10.5. The Morgan fingerprint density at radius 2 is 1.83 bits per heavy atom. The van der Waals surface area contributed by atoms with Gasteiger partial charge in [-0.1, -0.05) is 6.92 Å². The summed E-state index contributed by atoms with van der Waals surface area (Å²) in [4.78, 5) is 15.7. The van der Waals surface area contributed by atoms with Gasteiger partial charge in [-0.15, -0.1) is 0 Å². The fourth-order valence-electron chi connectivity index (χ4n) is 2.28. The van der Waals surface area contributed by atoms with Gasteiger partial charge in [0.1, 0.15) is 5.82 Å². The molecule has 0 bridgehead atoms. The molecule has 0 saturated heterocycles. The van der Waals surface area contributed by atoms with E-state index in [1.165, 1.54) is 12.1 Å². The van der Waals surface area contributed by atoms with Gasteiger partial charge in [-0.2, -0.15) is 5.10 Å². The van der Waals surface area contributed by atoms with Gasteiger partial charge in [0, 0.05) is 24.4 Å². The molecular weight excluding hydrogens is 295 g/mol. The van der Waals surface area contributed by atoms with Crippen LogP contribution in [0.1, 0.15) is 13.3 Å². The van der Waals surface area contributed by atoms with Crippen LogP contribution in [-0.2, 0) is 4.79 Å². The molecule has 0 fully saturated rings. The lowest BCUT2D eigenvalue weighted by atomic mass is 10.0. The highest BCUT2D eigenvalue weighted by molar-refractivity contribution is 5.97. The SMILES string of the molecule is CCC(=O)Nc1n[nH]c(-c2ccc(F)cc2)c1-c1ccncc1. The third-order valence-corrected chi connectivity index (χ3v) is 3.45. The fourth-order valence-corrected chi connectivity index (χ4v) is 2.28. The van der Waals surface area contributed by atoms with Crippen molar-refractivity contribution in [2.75, 3.05) is 5.32 Å². The molecule has 0 radical (unpaired) electrons. The highest BCUT2D eigenvalue weighted by atomic mass is 19.1. The lowest BCUT2D eigenvalue weighted by Gasteiger charge is -2.07. The van der Waals surface area contributed by atoms with Crippen molar-refractivity contribution < 1.29 is 9.18 Å². The predicted molar refractivity (Wildman–Crippen MR) is 86.1 cm³/mol. The second-order valence-electron chi connectivity index (χ2n) is 4.97. The van der Waals surface area contributed by atoms with Crippen LogP contribution in [0, 0.1) is 5.82 Å². The Morgan fingerprint density at radius 3 is 2.48 bits per heavy atom. The topological polar surface area (TPSA) is 70.7 Å². The van der Waals surface area contributed by atoms with E-state index < -0.39 is 0 Å². The number of anilines is 1. The second-order valence-corrected chi connectivity index (χ2v) is 4.97. The van der Waals surface area contributed by atoms with E-state index in [1.807, 2.05) is 12.1 Å². The number of nitrogens with one attached hydrogen (secondary N) is 2. The van der Waals surface area contributed by atoms with E-state index in [-0.39, 0.29) is 11.7 Å². The Labute approximate surface area is 132 Å². The van der Waals surface area contributed by atoms with E-state index in [2.05, 4.69) is 20.5 Å². The zero-order valence-electron chi connectivity index (χ0n) is 12.5. The van der Waals surface area contributed by atoms with Gasteiger partial charge < -0.3 is 5.32 Å². The largest absolute Gasteiger partial charge is 0.309 e. The van der Waals surface area contributed by atoms with E-state index in [0.29, 0.717) is 17.9 Å². The predicted octanol–water partition coefficient (Wildman–Crippen LogP) is 3.63. The maximum Gasteiger partial charge on any atom is 0.225 e. The van der Waals surface area contributed by atoms with Gasteiger partial charge in [-0.05, 0) is 42.0 Å². The van der Waals surface area contributed by atoms with E-state index in [9.17, 15) is 9.18 Å². The standard InChI is InChI=1S/C17H15FN4O/c1-2-14(23)20-17-15(11-7-9-19-10-8-11)16(21-22-17)12-3-5-13(18)6-4-12/h3-10H,2H2,1H3,(H2,20,21,22,23). The van der Waals surface area contributed by atoms with Crippen molar-refractivity contribution >= 4 is 11.7 Å². The molecule has 0 atom stereocenters. The van der Waals surface area contributed by atoms with E-state index in [4.69, 9.17) is 0 Å². The number of carbonyl (C=O) groups excluding carboxylic acids is 1. The number of amides is 1. The van der Waals surface area contributed by atoms with Crippen LogP contribution in [0.25, 0.3) is 22.4 Å². The molecule has 3 aromatic rings. The summed E-state index contributed by atoms with van der Waals surface area (Å²) in [6.07, 6.45) is 3.69. The number of carbonyl (C=O) groups is 1. The summed E-state index contributed by atoms with van der Waals surface area (Å²) in [5.74, 6) is 0.0121. The van der Waals surface area contributed by atoms with Crippen LogP contribution in [0.15, 0.2) is 48.8 Å². The van der Waals surface area contributed by atoms with Crippen LogP contribution in [0.4, 0.5) is 10.2 Å². The molecule has 0 spiro atoms. The van der Waals surface area contributed by atoms with Crippen LogP contribution in [-0.4, -0.2) is 21.1 Å². The van der Waals surface area contributed by atoms with E-state index in [0.717, 1.165) is 16.7 Å². The molecule has 0 saturated carbocycles. The summed E-state index contributed by atoms with van der Waals surface area (Å²) in [5, 5.41) is 9.92. The molecule has 1 amide bonds. The molecule has 2 heterocycles. The smallest absolute Gasteiger partial charge is 0.225 e. The summed E-state index contributed by atoms with van der Waals surface area (Å²) in [5.41, 5.74) is 3.10. The molecule has 23 heavy (non-hydrogen) atoms. The molecule has 3 rings (SSSR count). The number of aromatic nitrogens is 3. The molecule has 0 aliphatic rings. The molecule has 0 aliphatic carbocycles. The quantitative estimate of drug-likeness (QED) is 0.773. The number of H-pyrrole nitrogens is 1. The van der Waals surface area contributed by atoms with Gasteiger partial charge in [0.25, 0.3) is 0 Å². The zero-order chi connectivity index (χ0) is 16.2. The first-order valence-corrected chi connectivity index (χ1v) is 7.23. The number of pyridine rings is 1. The maximum atomic E-state index is 13.2. The molecule has 116 valence electrons. The Kier molecular flexibility index (Phi) is 4.14. The average Bonchev–Trinajstić information content (AvgIpc) is 2.99. The molecule has 0 aliphatic heterocycles. The monoisotopic (exact) mass is 310 g/mol. The van der Waals surface area contributed by atoms with Crippen LogP contribution >= 0.6 is 0 Å². The Bertz CT molecular complexity index is 812. The molecule has 0 unspecified atom stereocenters. The molecule has 1 aromatic carbocycles.